The fraction of sp³-hybridized carbons (Fsp3) is 0.405. The second-order valence-corrected chi connectivity index (χ2v) is 12.6. The van der Waals surface area contributed by atoms with E-state index < -0.39 is 119 Å². The molecule has 0 bridgehead atoms. The summed E-state index contributed by atoms with van der Waals surface area (Å²) in [5.41, 5.74) is -8.31. The monoisotopic (exact) mass is 731 g/mol. The summed E-state index contributed by atoms with van der Waals surface area (Å²) < 4.78 is 11.1. The van der Waals surface area contributed by atoms with Gasteiger partial charge in [-0.05, 0) is 75.1 Å². The van der Waals surface area contributed by atoms with E-state index >= 15 is 0 Å². The maximum Gasteiger partial charge on any atom is 0.335 e. The molecular weight excluding hydrogens is 682 g/mol. The molecule has 0 fully saturated rings. The predicted octanol–water partition coefficient (Wildman–Crippen LogP) is 1.08. The number of rotatable bonds is 21. The largest absolute Gasteiger partial charge is 0.478 e. The van der Waals surface area contributed by atoms with E-state index in [1.54, 1.807) is 12.1 Å². The standard InChI is InChI=1S/C30H42O12.C7H7NO2/c1-17(2)22(35)29(40,23(36)18(3)4)28(14-34,16-41-15-27(11-31,12-32)13-33)30(24(37)19(5)6,25(38)20(7)8)42-26(39)21(9)10;8-6-3-1-2-5(4-6)7(9)10/h31-34,40H,1,3,5,7,9,11-16H2,2,4,6,8,10H3;1-4H,8H2,(H,9,10). The van der Waals surface area contributed by atoms with Gasteiger partial charge in [-0.1, -0.05) is 39.0 Å². The fourth-order valence-corrected chi connectivity index (χ4v) is 4.84. The summed E-state index contributed by atoms with van der Waals surface area (Å²) in [6.07, 6.45) is 0. The van der Waals surface area contributed by atoms with Gasteiger partial charge in [0.2, 0.25) is 22.8 Å². The normalized spacial score (nSPS) is 12.6. The van der Waals surface area contributed by atoms with Crippen molar-refractivity contribution in [3.63, 3.8) is 0 Å². The topological polar surface area (TPSA) is 268 Å². The van der Waals surface area contributed by atoms with Gasteiger partial charge >= 0.3 is 11.9 Å². The lowest BCUT2D eigenvalue weighted by Gasteiger charge is -2.53. The molecule has 0 aliphatic rings. The van der Waals surface area contributed by atoms with Crippen molar-refractivity contribution < 1.29 is 68.9 Å². The fourth-order valence-electron chi connectivity index (χ4n) is 4.84. The number of carbonyl (C=O) groups excluding carboxylic acids is 5. The molecule has 1 unspecified atom stereocenters. The Morgan fingerprint density at radius 1 is 0.673 bits per heavy atom. The van der Waals surface area contributed by atoms with Crippen LogP contribution >= 0.6 is 0 Å². The Kier molecular flexibility index (Phi) is 17.3. The van der Waals surface area contributed by atoms with Gasteiger partial charge in [-0.15, -0.1) is 0 Å². The third-order valence-electron chi connectivity index (χ3n) is 7.97. The Morgan fingerprint density at radius 3 is 1.38 bits per heavy atom. The number of carboxylic acid groups (broad SMARTS) is 1. The highest BCUT2D eigenvalue weighted by atomic mass is 16.6. The molecule has 0 spiro atoms. The number of nitrogen functional groups attached to an aromatic ring is 1. The number of esters is 1. The van der Waals surface area contributed by atoms with Gasteiger partial charge in [0.15, 0.2) is 11.6 Å². The molecule has 1 aromatic rings. The highest BCUT2D eigenvalue weighted by molar-refractivity contribution is 6.28. The lowest BCUT2D eigenvalue weighted by atomic mass is 9.54. The molecular formula is C37H49NO14. The molecule has 1 rings (SSSR count). The van der Waals surface area contributed by atoms with Crippen LogP contribution in [0.1, 0.15) is 45.0 Å². The van der Waals surface area contributed by atoms with Gasteiger partial charge in [0.25, 0.3) is 0 Å². The van der Waals surface area contributed by atoms with Crippen LogP contribution in [-0.4, -0.2) is 117 Å². The minimum atomic E-state index is -3.63. The van der Waals surface area contributed by atoms with Gasteiger partial charge in [-0.25, -0.2) is 9.59 Å². The number of hydrogen-bond acceptors (Lipinski definition) is 14. The highest BCUT2D eigenvalue weighted by Crippen LogP contribution is 2.50. The van der Waals surface area contributed by atoms with Crippen LogP contribution in [0.2, 0.25) is 0 Å². The summed E-state index contributed by atoms with van der Waals surface area (Å²) in [6, 6.07) is 6.17. The molecule has 0 radical (unpaired) electrons. The quantitative estimate of drug-likeness (QED) is 0.0404. The molecule has 0 amide bonds. The van der Waals surface area contributed by atoms with E-state index in [4.69, 9.17) is 20.3 Å². The molecule has 0 heterocycles. The zero-order valence-electron chi connectivity index (χ0n) is 30.1. The second kappa shape index (κ2) is 19.1. The average molecular weight is 732 g/mol. The van der Waals surface area contributed by atoms with Crippen LogP contribution in [0.5, 0.6) is 0 Å². The molecule has 8 N–H and O–H groups in total. The van der Waals surface area contributed by atoms with E-state index in [-0.39, 0.29) is 11.1 Å². The van der Waals surface area contributed by atoms with Gasteiger partial charge in [-0.2, -0.15) is 0 Å². The van der Waals surface area contributed by atoms with Gasteiger partial charge in [0.05, 0.1) is 50.6 Å². The Bertz CT molecular complexity index is 1570. The predicted molar refractivity (Wildman–Crippen MR) is 190 cm³/mol. The summed E-state index contributed by atoms with van der Waals surface area (Å²) in [5.74, 6) is -8.23. The maximum absolute atomic E-state index is 14.1. The molecule has 286 valence electrons. The number of aliphatic hydroxyl groups excluding tert-OH is 4. The van der Waals surface area contributed by atoms with Crippen LogP contribution in [0.25, 0.3) is 0 Å². The Labute approximate surface area is 302 Å². The van der Waals surface area contributed by atoms with Crippen molar-refractivity contribution in [1.29, 1.82) is 0 Å². The zero-order chi connectivity index (χ0) is 41.0. The van der Waals surface area contributed by atoms with E-state index in [0.29, 0.717) is 5.69 Å². The zero-order valence-corrected chi connectivity index (χ0v) is 30.1. The van der Waals surface area contributed by atoms with Crippen molar-refractivity contribution in [3.05, 3.63) is 90.6 Å². The van der Waals surface area contributed by atoms with Crippen LogP contribution in [-0.2, 0) is 33.4 Å². The minimum absolute atomic E-state index is 0.222. The number of aliphatic hydroxyl groups is 5. The van der Waals surface area contributed by atoms with Gasteiger partial charge in [0, 0.05) is 11.3 Å². The Balaban J connectivity index is 0.00000221. The number of carboxylic acids is 1. The number of benzene rings is 1. The average Bonchev–Trinajstić information content (AvgIpc) is 3.09. The SMILES string of the molecule is C=C(C)C(=O)OC(C(=O)C(=C)C)(C(=O)C(=C)C)C(CO)(COCC(CO)(CO)CO)C(O)(C(=O)C(=C)C)C(=O)C(=C)C.Nc1cccc(C(=O)O)c1. The molecule has 0 aromatic heterocycles. The van der Waals surface area contributed by atoms with Crippen molar-refractivity contribution in [2.75, 3.05) is 45.4 Å². The van der Waals surface area contributed by atoms with Crippen LogP contribution in [0, 0.1) is 10.8 Å². The first-order valence-corrected chi connectivity index (χ1v) is 15.4. The maximum atomic E-state index is 14.1. The molecule has 0 aliphatic carbocycles. The summed E-state index contributed by atoms with van der Waals surface area (Å²) in [5, 5.41) is 61.1. The Hall–Kier alpha value is -4.90. The first-order chi connectivity index (χ1) is 23.9. The summed E-state index contributed by atoms with van der Waals surface area (Å²) in [6.45, 7) is 16.7. The van der Waals surface area contributed by atoms with Gasteiger partial charge < -0.3 is 45.8 Å². The van der Waals surface area contributed by atoms with E-state index in [2.05, 4.69) is 32.9 Å². The summed E-state index contributed by atoms with van der Waals surface area (Å²) >= 11 is 0. The van der Waals surface area contributed by atoms with E-state index in [0.717, 1.165) is 34.6 Å². The van der Waals surface area contributed by atoms with Crippen LogP contribution in [0.15, 0.2) is 85.0 Å². The van der Waals surface area contributed by atoms with Crippen molar-refractivity contribution in [2.45, 2.75) is 45.8 Å². The first kappa shape index (κ1) is 47.1. The highest BCUT2D eigenvalue weighted by Gasteiger charge is 2.76. The van der Waals surface area contributed by atoms with Crippen LogP contribution in [0.3, 0.4) is 0 Å². The smallest absolute Gasteiger partial charge is 0.335 e. The molecule has 0 aliphatic heterocycles. The number of ketones is 4. The molecule has 0 saturated heterocycles. The lowest BCUT2D eigenvalue weighted by Crippen LogP contribution is -2.78. The first-order valence-electron chi connectivity index (χ1n) is 15.4. The number of nitrogens with two attached hydrogens (primary N) is 1. The number of ether oxygens (including phenoxy) is 2. The molecule has 52 heavy (non-hydrogen) atoms. The van der Waals surface area contributed by atoms with E-state index in [1.807, 2.05) is 0 Å². The minimum Gasteiger partial charge on any atom is -0.478 e. The molecule has 15 nitrogen and oxygen atoms in total. The van der Waals surface area contributed by atoms with Crippen molar-refractivity contribution in [2.24, 2.45) is 10.8 Å². The van der Waals surface area contributed by atoms with Crippen molar-refractivity contribution >= 4 is 40.8 Å². The number of anilines is 1. The van der Waals surface area contributed by atoms with E-state index in [9.17, 15) is 54.3 Å². The summed E-state index contributed by atoms with van der Waals surface area (Å²) in [7, 11) is 0. The third-order valence-corrected chi connectivity index (χ3v) is 7.97. The van der Waals surface area contributed by atoms with Gasteiger partial charge in [0.1, 0.15) is 5.41 Å². The third kappa shape index (κ3) is 9.50. The molecule has 0 saturated carbocycles. The van der Waals surface area contributed by atoms with Crippen LogP contribution in [0.4, 0.5) is 5.69 Å². The molecule has 1 atom stereocenters. The van der Waals surface area contributed by atoms with Crippen molar-refractivity contribution in [1.82, 2.24) is 0 Å². The van der Waals surface area contributed by atoms with Crippen LogP contribution < -0.4 is 5.73 Å². The number of Topliss-reactive ketones (excluding diaryl/α,β-unsaturated/α-hetero) is 4. The molecule has 15 heteroatoms. The lowest BCUT2D eigenvalue weighted by molar-refractivity contribution is -0.230. The number of carbonyl (C=O) groups is 6. The second-order valence-electron chi connectivity index (χ2n) is 12.6. The molecule has 1 aromatic carbocycles. The Morgan fingerprint density at radius 2 is 1.10 bits per heavy atom. The van der Waals surface area contributed by atoms with Gasteiger partial charge in [-0.3, -0.25) is 19.2 Å². The van der Waals surface area contributed by atoms with E-state index in [1.165, 1.54) is 12.1 Å². The summed E-state index contributed by atoms with van der Waals surface area (Å²) in [4.78, 5) is 79.1. The number of aromatic carboxylic acids is 1. The van der Waals surface area contributed by atoms with Crippen molar-refractivity contribution in [3.8, 4) is 0 Å². The number of hydrogen-bond donors (Lipinski definition) is 7.